The van der Waals surface area contributed by atoms with Gasteiger partial charge in [-0.1, -0.05) is 60.7 Å². The highest BCUT2D eigenvalue weighted by molar-refractivity contribution is 5.77. The highest BCUT2D eigenvalue weighted by Gasteiger charge is 2.33. The van der Waals surface area contributed by atoms with Crippen LogP contribution in [0, 0.1) is 0 Å². The van der Waals surface area contributed by atoms with E-state index in [1.54, 1.807) is 0 Å². The lowest BCUT2D eigenvalue weighted by Gasteiger charge is -2.16. The Kier molecular flexibility index (Phi) is 4.54. The number of carbonyl (C=O) groups is 1. The molecule has 0 unspecified atom stereocenters. The summed E-state index contributed by atoms with van der Waals surface area (Å²) in [5.41, 5.74) is 8.69. The van der Waals surface area contributed by atoms with Crippen molar-refractivity contribution in [3.05, 3.63) is 71.8 Å². The molecule has 1 fully saturated rings. The molecule has 2 aromatic carbocycles. The first-order chi connectivity index (χ1) is 10.7. The summed E-state index contributed by atoms with van der Waals surface area (Å²) in [6, 6.07) is 20.4. The van der Waals surface area contributed by atoms with Crippen LogP contribution in [0.1, 0.15) is 23.5 Å². The number of carbonyl (C=O) groups excluding carboxylic acids is 1. The van der Waals surface area contributed by atoms with Crippen LogP contribution in [-0.4, -0.2) is 29.9 Å². The highest BCUT2D eigenvalue weighted by atomic mass is 16.2. The van der Waals surface area contributed by atoms with E-state index in [0.29, 0.717) is 13.0 Å². The van der Waals surface area contributed by atoms with Gasteiger partial charge in [0.05, 0.1) is 0 Å². The Labute approximate surface area is 131 Å². The van der Waals surface area contributed by atoms with Gasteiger partial charge in [-0.2, -0.15) is 0 Å². The molecule has 3 rings (SSSR count). The zero-order valence-corrected chi connectivity index (χ0v) is 12.7. The van der Waals surface area contributed by atoms with Crippen LogP contribution >= 0.6 is 0 Å². The minimum Gasteiger partial charge on any atom is -0.340 e. The monoisotopic (exact) mass is 294 g/mol. The lowest BCUT2D eigenvalue weighted by atomic mass is 9.95. The van der Waals surface area contributed by atoms with Gasteiger partial charge in [0.15, 0.2) is 0 Å². The third kappa shape index (κ3) is 3.37. The van der Waals surface area contributed by atoms with Crippen LogP contribution in [0.25, 0.3) is 0 Å². The molecule has 1 aliphatic rings. The minimum absolute atomic E-state index is 0.0306. The number of amides is 1. The second-order valence-electron chi connectivity index (χ2n) is 5.97. The topological polar surface area (TPSA) is 46.3 Å². The van der Waals surface area contributed by atoms with Crippen LogP contribution in [0.3, 0.4) is 0 Å². The number of hydrogen-bond acceptors (Lipinski definition) is 2. The Bertz CT molecular complexity index is 612. The van der Waals surface area contributed by atoms with Crippen LogP contribution in [0.2, 0.25) is 0 Å². The van der Waals surface area contributed by atoms with E-state index in [-0.39, 0.29) is 17.9 Å². The Morgan fingerprint density at radius 1 is 1.00 bits per heavy atom. The van der Waals surface area contributed by atoms with Crippen LogP contribution in [0.5, 0.6) is 0 Å². The molecule has 0 aromatic heterocycles. The van der Waals surface area contributed by atoms with Gasteiger partial charge >= 0.3 is 0 Å². The van der Waals surface area contributed by atoms with E-state index in [9.17, 15) is 4.79 Å². The first kappa shape index (κ1) is 14.8. The minimum atomic E-state index is 0.0306. The van der Waals surface area contributed by atoms with Gasteiger partial charge in [0, 0.05) is 31.5 Å². The van der Waals surface area contributed by atoms with E-state index in [1.165, 1.54) is 11.1 Å². The van der Waals surface area contributed by atoms with Crippen LogP contribution in [-0.2, 0) is 11.2 Å². The summed E-state index contributed by atoms with van der Waals surface area (Å²) in [6.45, 7) is 1.39. The van der Waals surface area contributed by atoms with Gasteiger partial charge in [0.2, 0.25) is 5.91 Å². The van der Waals surface area contributed by atoms with Gasteiger partial charge in [-0.05, 0) is 17.5 Å². The van der Waals surface area contributed by atoms with Crippen molar-refractivity contribution in [3.8, 4) is 0 Å². The third-order valence-corrected chi connectivity index (χ3v) is 4.42. The first-order valence-corrected chi connectivity index (χ1v) is 7.86. The Balaban J connectivity index is 1.58. The molecule has 1 aliphatic heterocycles. The van der Waals surface area contributed by atoms with Crippen molar-refractivity contribution in [2.45, 2.75) is 24.8 Å². The molecule has 3 heteroatoms. The van der Waals surface area contributed by atoms with Gasteiger partial charge in [-0.3, -0.25) is 4.79 Å². The molecule has 0 radical (unpaired) electrons. The fraction of sp³-hybridized carbons (Fsp3) is 0.316. The average molecular weight is 294 g/mol. The molecule has 0 saturated carbocycles. The molecular weight excluding hydrogens is 272 g/mol. The first-order valence-electron chi connectivity index (χ1n) is 7.86. The zero-order chi connectivity index (χ0) is 15.4. The molecule has 1 heterocycles. The maximum Gasteiger partial charge on any atom is 0.222 e. The molecular formula is C19H22N2O. The average Bonchev–Trinajstić information content (AvgIpc) is 2.96. The Hall–Kier alpha value is -2.13. The maximum atomic E-state index is 12.4. The number of likely N-dealkylation sites (tertiary alicyclic amines) is 1. The summed E-state index contributed by atoms with van der Waals surface area (Å²) < 4.78 is 0. The highest BCUT2D eigenvalue weighted by Crippen LogP contribution is 2.26. The number of nitrogens with zero attached hydrogens (tertiary/aromatic N) is 1. The van der Waals surface area contributed by atoms with Gasteiger partial charge in [-0.15, -0.1) is 0 Å². The molecule has 114 valence electrons. The Morgan fingerprint density at radius 3 is 2.32 bits per heavy atom. The molecule has 0 spiro atoms. The third-order valence-electron chi connectivity index (χ3n) is 4.42. The van der Waals surface area contributed by atoms with Crippen molar-refractivity contribution in [3.63, 3.8) is 0 Å². The number of benzene rings is 2. The van der Waals surface area contributed by atoms with E-state index < -0.39 is 0 Å². The van der Waals surface area contributed by atoms with Crippen molar-refractivity contribution in [1.82, 2.24) is 4.90 Å². The standard InChI is InChI=1S/C19H22N2O/c20-18-14-21(13-17(18)16-9-5-2-6-10-16)19(22)12-11-15-7-3-1-4-8-15/h1-10,17-18H,11-14,20H2/t17-,18+/m0/s1. The molecule has 2 aromatic rings. The number of aryl methyl sites for hydroxylation is 1. The van der Waals surface area contributed by atoms with E-state index >= 15 is 0 Å². The second-order valence-corrected chi connectivity index (χ2v) is 5.97. The normalized spacial score (nSPS) is 21.0. The molecule has 1 saturated heterocycles. The van der Waals surface area contributed by atoms with E-state index in [4.69, 9.17) is 5.73 Å². The summed E-state index contributed by atoms with van der Waals surface area (Å²) in [5, 5.41) is 0. The second kappa shape index (κ2) is 6.75. The zero-order valence-electron chi connectivity index (χ0n) is 12.7. The summed E-state index contributed by atoms with van der Waals surface area (Å²) in [4.78, 5) is 14.3. The fourth-order valence-corrected chi connectivity index (χ4v) is 3.14. The molecule has 2 atom stereocenters. The quantitative estimate of drug-likeness (QED) is 0.942. The fourth-order valence-electron chi connectivity index (χ4n) is 3.14. The summed E-state index contributed by atoms with van der Waals surface area (Å²) >= 11 is 0. The lowest BCUT2D eigenvalue weighted by Crippen LogP contribution is -2.32. The van der Waals surface area contributed by atoms with Crippen molar-refractivity contribution >= 4 is 5.91 Å². The molecule has 22 heavy (non-hydrogen) atoms. The van der Waals surface area contributed by atoms with Crippen LogP contribution in [0.15, 0.2) is 60.7 Å². The molecule has 0 bridgehead atoms. The van der Waals surface area contributed by atoms with Crippen molar-refractivity contribution in [2.24, 2.45) is 5.73 Å². The largest absolute Gasteiger partial charge is 0.340 e. The van der Waals surface area contributed by atoms with E-state index in [1.807, 2.05) is 41.3 Å². The molecule has 3 nitrogen and oxygen atoms in total. The SMILES string of the molecule is N[C@@H]1CN(C(=O)CCc2ccccc2)C[C@H]1c1ccccc1. The molecule has 0 aliphatic carbocycles. The smallest absolute Gasteiger partial charge is 0.222 e. The van der Waals surface area contributed by atoms with Gasteiger partial charge in [0.25, 0.3) is 0 Å². The van der Waals surface area contributed by atoms with Crippen LogP contribution < -0.4 is 5.73 Å². The number of nitrogens with two attached hydrogens (primary N) is 1. The van der Waals surface area contributed by atoms with Gasteiger partial charge in [0.1, 0.15) is 0 Å². The lowest BCUT2D eigenvalue weighted by molar-refractivity contribution is -0.130. The molecule has 1 amide bonds. The predicted molar refractivity (Wildman–Crippen MR) is 88.5 cm³/mol. The van der Waals surface area contributed by atoms with E-state index in [0.717, 1.165) is 13.0 Å². The molecule has 2 N–H and O–H groups in total. The number of rotatable bonds is 4. The Morgan fingerprint density at radius 2 is 1.64 bits per heavy atom. The van der Waals surface area contributed by atoms with Crippen LogP contribution in [0.4, 0.5) is 0 Å². The summed E-state index contributed by atoms with van der Waals surface area (Å²) in [5.74, 6) is 0.458. The summed E-state index contributed by atoms with van der Waals surface area (Å²) in [6.07, 6.45) is 1.35. The maximum absolute atomic E-state index is 12.4. The van der Waals surface area contributed by atoms with Crippen molar-refractivity contribution in [1.29, 1.82) is 0 Å². The summed E-state index contributed by atoms with van der Waals surface area (Å²) in [7, 11) is 0. The van der Waals surface area contributed by atoms with Gasteiger partial charge in [-0.25, -0.2) is 0 Å². The number of hydrogen-bond donors (Lipinski definition) is 1. The van der Waals surface area contributed by atoms with Crippen molar-refractivity contribution < 1.29 is 4.79 Å². The van der Waals surface area contributed by atoms with Crippen molar-refractivity contribution in [2.75, 3.05) is 13.1 Å². The predicted octanol–water partition coefficient (Wildman–Crippen LogP) is 2.57. The van der Waals surface area contributed by atoms with E-state index in [2.05, 4.69) is 24.3 Å². The van der Waals surface area contributed by atoms with Gasteiger partial charge < -0.3 is 10.6 Å².